The van der Waals surface area contributed by atoms with Crippen LogP contribution in [0, 0.1) is 0 Å². The van der Waals surface area contributed by atoms with Crippen molar-refractivity contribution in [3.8, 4) is 0 Å². The van der Waals surface area contributed by atoms with Gasteiger partial charge in [0.25, 0.3) is 0 Å². The second-order valence-corrected chi connectivity index (χ2v) is 3.18. The smallest absolute Gasteiger partial charge is 0.239 e. The number of aromatic nitrogens is 2. The van der Waals surface area contributed by atoms with Gasteiger partial charge in [-0.2, -0.15) is 0 Å². The molecule has 7 nitrogen and oxygen atoms in total. The van der Waals surface area contributed by atoms with E-state index in [4.69, 9.17) is 5.84 Å². The third-order valence-corrected chi connectivity index (χ3v) is 2.13. The number of hydrogen-bond acceptors (Lipinski definition) is 6. The van der Waals surface area contributed by atoms with Crippen molar-refractivity contribution in [3.63, 3.8) is 0 Å². The molecule has 0 atom stereocenters. The van der Waals surface area contributed by atoms with Crippen molar-refractivity contribution in [2.24, 2.45) is 5.84 Å². The normalized spacial score (nSPS) is 16.1. The molecule has 2 heterocycles. The van der Waals surface area contributed by atoms with Crippen LogP contribution < -0.4 is 21.5 Å². The first-order chi connectivity index (χ1) is 7.29. The van der Waals surface area contributed by atoms with Crippen LogP contribution in [0.15, 0.2) is 12.4 Å². The third-order valence-electron chi connectivity index (χ3n) is 2.13. The molecule has 1 saturated heterocycles. The molecule has 1 aliphatic rings. The quantitative estimate of drug-likeness (QED) is 0.413. The Morgan fingerprint density at radius 2 is 2.40 bits per heavy atom. The highest BCUT2D eigenvalue weighted by Crippen LogP contribution is 2.12. The molecule has 4 N–H and O–H groups in total. The van der Waals surface area contributed by atoms with Crippen LogP contribution in [0.25, 0.3) is 0 Å². The molecule has 0 bridgehead atoms. The van der Waals surface area contributed by atoms with Crippen LogP contribution >= 0.6 is 0 Å². The molecule has 2 rings (SSSR count). The largest absolute Gasteiger partial charge is 0.353 e. The van der Waals surface area contributed by atoms with E-state index in [1.807, 2.05) is 4.90 Å². The number of hydrazine groups is 1. The molecule has 15 heavy (non-hydrogen) atoms. The van der Waals surface area contributed by atoms with E-state index in [0.29, 0.717) is 24.7 Å². The molecular weight excluding hydrogens is 196 g/mol. The lowest BCUT2D eigenvalue weighted by molar-refractivity contribution is -0.120. The molecule has 1 aliphatic heterocycles. The molecule has 1 fully saturated rings. The molecule has 1 aromatic heterocycles. The first kappa shape index (κ1) is 9.66. The highest BCUT2D eigenvalue weighted by Gasteiger charge is 2.17. The number of nitrogens with zero attached hydrogens (tertiary/aromatic N) is 3. The summed E-state index contributed by atoms with van der Waals surface area (Å²) in [6, 6.07) is 0. The number of piperazine rings is 1. The molecule has 1 amide bonds. The molecule has 0 aliphatic carbocycles. The Hall–Kier alpha value is -1.89. The fraction of sp³-hybridized carbons (Fsp3) is 0.375. The van der Waals surface area contributed by atoms with Gasteiger partial charge in [0.2, 0.25) is 5.91 Å². The minimum Gasteiger partial charge on any atom is -0.353 e. The summed E-state index contributed by atoms with van der Waals surface area (Å²) in [4.78, 5) is 21.2. The van der Waals surface area contributed by atoms with Crippen LogP contribution in [-0.4, -0.2) is 35.5 Å². The second kappa shape index (κ2) is 4.09. The number of hydrogen-bond donors (Lipinski definition) is 3. The van der Waals surface area contributed by atoms with Crippen molar-refractivity contribution in [2.45, 2.75) is 0 Å². The molecule has 0 saturated carbocycles. The lowest BCUT2D eigenvalue weighted by Gasteiger charge is -2.27. The van der Waals surface area contributed by atoms with E-state index < -0.39 is 0 Å². The topological polar surface area (TPSA) is 96.2 Å². The molecule has 0 unspecified atom stereocenters. The first-order valence-electron chi connectivity index (χ1n) is 4.60. The van der Waals surface area contributed by atoms with E-state index in [9.17, 15) is 4.79 Å². The monoisotopic (exact) mass is 208 g/mol. The van der Waals surface area contributed by atoms with E-state index in [1.54, 1.807) is 6.20 Å². The van der Waals surface area contributed by atoms with Gasteiger partial charge in [0, 0.05) is 13.1 Å². The molecule has 0 spiro atoms. The zero-order valence-corrected chi connectivity index (χ0v) is 8.10. The molecule has 7 heteroatoms. The Morgan fingerprint density at radius 1 is 1.53 bits per heavy atom. The van der Waals surface area contributed by atoms with Crippen molar-refractivity contribution < 1.29 is 4.79 Å². The van der Waals surface area contributed by atoms with Crippen LogP contribution in [0.1, 0.15) is 0 Å². The van der Waals surface area contributed by atoms with Crippen LogP contribution in [0.4, 0.5) is 11.6 Å². The zero-order chi connectivity index (χ0) is 10.7. The van der Waals surface area contributed by atoms with Crippen molar-refractivity contribution >= 4 is 17.5 Å². The van der Waals surface area contributed by atoms with E-state index in [1.165, 1.54) is 6.20 Å². The van der Waals surface area contributed by atoms with E-state index >= 15 is 0 Å². The van der Waals surface area contributed by atoms with E-state index in [2.05, 4.69) is 20.7 Å². The maximum atomic E-state index is 11.2. The summed E-state index contributed by atoms with van der Waals surface area (Å²) in [5.41, 5.74) is 2.42. The average Bonchev–Trinajstić information content (AvgIpc) is 2.29. The SMILES string of the molecule is NNc1cncc(N2CCNC(=O)C2)n1. The van der Waals surface area contributed by atoms with Crippen LogP contribution in [0.5, 0.6) is 0 Å². The van der Waals surface area contributed by atoms with Crippen molar-refractivity contribution in [3.05, 3.63) is 12.4 Å². The van der Waals surface area contributed by atoms with Crippen molar-refractivity contribution in [2.75, 3.05) is 30.0 Å². The number of amides is 1. The number of nitrogens with one attached hydrogen (secondary N) is 2. The predicted octanol–water partition coefficient (Wildman–Crippen LogP) is -1.30. The molecule has 80 valence electrons. The molecule has 0 radical (unpaired) electrons. The van der Waals surface area contributed by atoms with Crippen LogP contribution in [-0.2, 0) is 4.79 Å². The number of carbonyl (C=O) groups is 1. The minimum absolute atomic E-state index is 0.00541. The van der Waals surface area contributed by atoms with Crippen LogP contribution in [0.3, 0.4) is 0 Å². The Bertz CT molecular complexity index is 368. The lowest BCUT2D eigenvalue weighted by Crippen LogP contribution is -2.48. The van der Waals surface area contributed by atoms with Gasteiger partial charge in [-0.3, -0.25) is 9.78 Å². The first-order valence-corrected chi connectivity index (χ1v) is 4.60. The zero-order valence-electron chi connectivity index (χ0n) is 8.10. The van der Waals surface area contributed by atoms with Gasteiger partial charge in [-0.15, -0.1) is 0 Å². The summed E-state index contributed by atoms with van der Waals surface area (Å²) in [6.07, 6.45) is 3.13. The van der Waals surface area contributed by atoms with Crippen LogP contribution in [0.2, 0.25) is 0 Å². The van der Waals surface area contributed by atoms with Gasteiger partial charge in [-0.05, 0) is 0 Å². The predicted molar refractivity (Wildman–Crippen MR) is 55.1 cm³/mol. The fourth-order valence-corrected chi connectivity index (χ4v) is 1.41. The minimum atomic E-state index is -0.00541. The number of nitrogen functional groups attached to an aromatic ring is 1. The van der Waals surface area contributed by atoms with Crippen molar-refractivity contribution in [1.29, 1.82) is 0 Å². The maximum Gasteiger partial charge on any atom is 0.239 e. The summed E-state index contributed by atoms with van der Waals surface area (Å²) < 4.78 is 0. The highest BCUT2D eigenvalue weighted by atomic mass is 16.2. The van der Waals surface area contributed by atoms with Gasteiger partial charge < -0.3 is 15.6 Å². The lowest BCUT2D eigenvalue weighted by atomic mass is 10.3. The van der Waals surface area contributed by atoms with E-state index in [-0.39, 0.29) is 5.91 Å². The molecule has 1 aromatic rings. The Kier molecular flexibility index (Phi) is 2.64. The molecule has 0 aromatic carbocycles. The van der Waals surface area contributed by atoms with Crippen molar-refractivity contribution in [1.82, 2.24) is 15.3 Å². The number of nitrogens with two attached hydrogens (primary N) is 1. The Morgan fingerprint density at radius 3 is 3.13 bits per heavy atom. The summed E-state index contributed by atoms with van der Waals surface area (Å²) in [7, 11) is 0. The van der Waals surface area contributed by atoms with Gasteiger partial charge in [0.15, 0.2) is 5.82 Å². The Labute approximate surface area is 86.7 Å². The number of carbonyl (C=O) groups excluding carboxylic acids is 1. The maximum absolute atomic E-state index is 11.2. The summed E-state index contributed by atoms with van der Waals surface area (Å²) >= 11 is 0. The summed E-state index contributed by atoms with van der Waals surface area (Å²) in [5.74, 6) is 6.36. The summed E-state index contributed by atoms with van der Waals surface area (Å²) in [6.45, 7) is 1.66. The number of rotatable bonds is 2. The second-order valence-electron chi connectivity index (χ2n) is 3.18. The van der Waals surface area contributed by atoms with Gasteiger partial charge in [-0.25, -0.2) is 10.8 Å². The Balaban J connectivity index is 2.17. The van der Waals surface area contributed by atoms with E-state index in [0.717, 1.165) is 6.54 Å². The summed E-state index contributed by atoms with van der Waals surface area (Å²) in [5, 5.41) is 2.74. The van der Waals surface area contributed by atoms with Gasteiger partial charge in [0.05, 0.1) is 18.9 Å². The highest BCUT2D eigenvalue weighted by molar-refractivity contribution is 5.82. The van der Waals surface area contributed by atoms with Gasteiger partial charge in [-0.1, -0.05) is 0 Å². The molecular formula is C8H12N6O. The third kappa shape index (κ3) is 2.13. The standard InChI is InChI=1S/C8H12N6O/c9-13-6-3-10-4-7(12-6)14-2-1-11-8(15)5-14/h3-4H,1-2,5,9H2,(H,11,15)(H,12,13). The van der Waals surface area contributed by atoms with Gasteiger partial charge >= 0.3 is 0 Å². The fourth-order valence-electron chi connectivity index (χ4n) is 1.41. The number of anilines is 2. The van der Waals surface area contributed by atoms with Gasteiger partial charge in [0.1, 0.15) is 5.82 Å². The average molecular weight is 208 g/mol.